The molecule has 102 valence electrons. The third kappa shape index (κ3) is 3.93. The molecule has 0 spiro atoms. The Hall–Kier alpha value is -1.61. The molecule has 0 fully saturated rings. The molecule has 1 heterocycles. The van der Waals surface area contributed by atoms with E-state index in [1.54, 1.807) is 0 Å². The molecule has 0 saturated heterocycles. The quantitative estimate of drug-likeness (QED) is 0.879. The van der Waals surface area contributed by atoms with Gasteiger partial charge < -0.3 is 5.32 Å². The maximum atomic E-state index is 4.38. The van der Waals surface area contributed by atoms with E-state index in [1.165, 1.54) is 5.56 Å². The SMILES string of the molecule is CCc1ccc(-c2cc(CNC(C)(C)C)[nH]n2)cc1. The van der Waals surface area contributed by atoms with Crippen molar-refractivity contribution in [1.82, 2.24) is 15.5 Å². The highest BCUT2D eigenvalue weighted by molar-refractivity contribution is 5.59. The minimum absolute atomic E-state index is 0.119. The van der Waals surface area contributed by atoms with Gasteiger partial charge in [0.05, 0.1) is 5.69 Å². The average molecular weight is 257 g/mol. The van der Waals surface area contributed by atoms with E-state index >= 15 is 0 Å². The van der Waals surface area contributed by atoms with Gasteiger partial charge >= 0.3 is 0 Å². The van der Waals surface area contributed by atoms with Crippen molar-refractivity contribution in [3.63, 3.8) is 0 Å². The lowest BCUT2D eigenvalue weighted by Crippen LogP contribution is -2.35. The fraction of sp³-hybridized carbons (Fsp3) is 0.438. The van der Waals surface area contributed by atoms with E-state index in [-0.39, 0.29) is 5.54 Å². The maximum absolute atomic E-state index is 4.38. The zero-order valence-corrected chi connectivity index (χ0v) is 12.2. The molecule has 0 aliphatic rings. The molecule has 0 aliphatic heterocycles. The van der Waals surface area contributed by atoms with E-state index in [1.807, 2.05) is 0 Å². The van der Waals surface area contributed by atoms with Crippen molar-refractivity contribution in [3.05, 3.63) is 41.6 Å². The van der Waals surface area contributed by atoms with Crippen LogP contribution in [0.25, 0.3) is 11.3 Å². The highest BCUT2D eigenvalue weighted by Gasteiger charge is 2.10. The zero-order valence-electron chi connectivity index (χ0n) is 12.2. The van der Waals surface area contributed by atoms with Crippen LogP contribution >= 0.6 is 0 Å². The van der Waals surface area contributed by atoms with Crippen LogP contribution in [0.15, 0.2) is 30.3 Å². The monoisotopic (exact) mass is 257 g/mol. The predicted molar refractivity (Wildman–Crippen MR) is 80.0 cm³/mol. The van der Waals surface area contributed by atoms with Crippen molar-refractivity contribution in [2.24, 2.45) is 0 Å². The van der Waals surface area contributed by atoms with Gasteiger partial charge in [-0.05, 0) is 38.8 Å². The number of hydrogen-bond acceptors (Lipinski definition) is 2. The van der Waals surface area contributed by atoms with E-state index in [9.17, 15) is 0 Å². The molecule has 19 heavy (non-hydrogen) atoms. The van der Waals surface area contributed by atoms with E-state index in [4.69, 9.17) is 0 Å². The largest absolute Gasteiger partial charge is 0.306 e. The van der Waals surface area contributed by atoms with Crippen molar-refractivity contribution >= 4 is 0 Å². The first kappa shape index (κ1) is 13.8. The van der Waals surface area contributed by atoms with E-state index in [2.05, 4.69) is 73.5 Å². The molecule has 0 radical (unpaired) electrons. The average Bonchev–Trinajstić information content (AvgIpc) is 2.84. The Labute approximate surface area is 115 Å². The fourth-order valence-electron chi connectivity index (χ4n) is 1.87. The van der Waals surface area contributed by atoms with Gasteiger partial charge in [-0.1, -0.05) is 31.2 Å². The van der Waals surface area contributed by atoms with E-state index < -0.39 is 0 Å². The molecule has 0 saturated carbocycles. The number of nitrogens with zero attached hydrogens (tertiary/aromatic N) is 1. The van der Waals surface area contributed by atoms with Crippen LogP contribution < -0.4 is 5.32 Å². The van der Waals surface area contributed by atoms with Gasteiger partial charge in [0.15, 0.2) is 0 Å². The summed E-state index contributed by atoms with van der Waals surface area (Å²) in [5, 5.41) is 10.9. The smallest absolute Gasteiger partial charge is 0.0924 e. The standard InChI is InChI=1S/C16H23N3/c1-5-12-6-8-13(9-7-12)15-10-14(18-19-15)11-17-16(2,3)4/h6-10,17H,5,11H2,1-4H3,(H,18,19). The van der Waals surface area contributed by atoms with Crippen LogP contribution in [0.1, 0.15) is 39.0 Å². The molecule has 0 atom stereocenters. The molecule has 3 heteroatoms. The van der Waals surface area contributed by atoms with Crippen molar-refractivity contribution in [2.75, 3.05) is 0 Å². The molecular weight excluding hydrogens is 234 g/mol. The Morgan fingerprint density at radius 1 is 1.16 bits per heavy atom. The molecule has 2 aromatic rings. The fourth-order valence-corrected chi connectivity index (χ4v) is 1.87. The van der Waals surface area contributed by atoms with E-state index in [0.717, 1.165) is 29.9 Å². The highest BCUT2D eigenvalue weighted by atomic mass is 15.1. The molecule has 0 unspecified atom stereocenters. The number of nitrogens with one attached hydrogen (secondary N) is 2. The van der Waals surface area contributed by atoms with Crippen molar-refractivity contribution in [1.29, 1.82) is 0 Å². The van der Waals surface area contributed by atoms with Crippen molar-refractivity contribution in [3.8, 4) is 11.3 Å². The number of aryl methyl sites for hydroxylation is 1. The summed E-state index contributed by atoms with van der Waals surface area (Å²) >= 11 is 0. The van der Waals surface area contributed by atoms with Crippen LogP contribution in [-0.2, 0) is 13.0 Å². The predicted octanol–water partition coefficient (Wildman–Crippen LogP) is 3.53. The van der Waals surface area contributed by atoms with Gasteiger partial charge in [-0.3, -0.25) is 5.10 Å². The number of benzene rings is 1. The third-order valence-corrected chi connectivity index (χ3v) is 3.10. The second-order valence-corrected chi connectivity index (χ2v) is 5.93. The van der Waals surface area contributed by atoms with Crippen LogP contribution in [0.2, 0.25) is 0 Å². The topological polar surface area (TPSA) is 40.7 Å². The van der Waals surface area contributed by atoms with Crippen LogP contribution in [0.4, 0.5) is 0 Å². The lowest BCUT2D eigenvalue weighted by molar-refractivity contribution is 0.421. The van der Waals surface area contributed by atoms with Gasteiger partial charge in [0, 0.05) is 23.3 Å². The van der Waals surface area contributed by atoms with Crippen LogP contribution in [0, 0.1) is 0 Å². The van der Waals surface area contributed by atoms with Gasteiger partial charge in [-0.25, -0.2) is 0 Å². The third-order valence-electron chi connectivity index (χ3n) is 3.10. The Morgan fingerprint density at radius 3 is 2.42 bits per heavy atom. The summed E-state index contributed by atoms with van der Waals surface area (Å²) < 4.78 is 0. The number of H-pyrrole nitrogens is 1. The Morgan fingerprint density at radius 2 is 1.84 bits per heavy atom. The molecule has 1 aromatic carbocycles. The van der Waals surface area contributed by atoms with Crippen LogP contribution in [0.3, 0.4) is 0 Å². The molecule has 0 bridgehead atoms. The summed E-state index contributed by atoms with van der Waals surface area (Å²) in [4.78, 5) is 0. The second-order valence-electron chi connectivity index (χ2n) is 5.93. The highest BCUT2D eigenvalue weighted by Crippen LogP contribution is 2.18. The Bertz CT molecular complexity index is 518. The van der Waals surface area contributed by atoms with Gasteiger partial charge in [0.25, 0.3) is 0 Å². The molecule has 3 nitrogen and oxygen atoms in total. The molecule has 1 aromatic heterocycles. The van der Waals surface area contributed by atoms with Gasteiger partial charge in [0.1, 0.15) is 0 Å². The molecule has 0 aliphatic carbocycles. The summed E-state index contributed by atoms with van der Waals surface area (Å²) in [7, 11) is 0. The first-order valence-corrected chi connectivity index (χ1v) is 6.86. The van der Waals surface area contributed by atoms with Crippen molar-refractivity contribution < 1.29 is 0 Å². The molecular formula is C16H23N3. The second kappa shape index (κ2) is 5.57. The Kier molecular flexibility index (Phi) is 4.05. The van der Waals surface area contributed by atoms with Gasteiger partial charge in [0.2, 0.25) is 0 Å². The summed E-state index contributed by atoms with van der Waals surface area (Å²) in [6.07, 6.45) is 1.07. The maximum Gasteiger partial charge on any atom is 0.0924 e. The number of rotatable bonds is 4. The molecule has 0 amide bonds. The summed E-state index contributed by atoms with van der Waals surface area (Å²) in [6, 6.07) is 10.7. The van der Waals surface area contributed by atoms with Gasteiger partial charge in [-0.15, -0.1) is 0 Å². The molecule has 2 rings (SSSR count). The summed E-state index contributed by atoms with van der Waals surface area (Å²) in [6.45, 7) is 9.46. The van der Waals surface area contributed by atoms with Crippen LogP contribution in [0.5, 0.6) is 0 Å². The first-order valence-electron chi connectivity index (χ1n) is 6.86. The van der Waals surface area contributed by atoms with Gasteiger partial charge in [-0.2, -0.15) is 5.10 Å². The number of hydrogen-bond donors (Lipinski definition) is 2. The minimum atomic E-state index is 0.119. The zero-order chi connectivity index (χ0) is 13.9. The summed E-state index contributed by atoms with van der Waals surface area (Å²) in [5.74, 6) is 0. The van der Waals surface area contributed by atoms with Crippen LogP contribution in [-0.4, -0.2) is 15.7 Å². The number of aromatic nitrogens is 2. The van der Waals surface area contributed by atoms with E-state index in [0.29, 0.717) is 0 Å². The first-order chi connectivity index (χ1) is 8.98. The molecule has 2 N–H and O–H groups in total. The minimum Gasteiger partial charge on any atom is -0.306 e. The lowest BCUT2D eigenvalue weighted by atomic mass is 10.1. The van der Waals surface area contributed by atoms with Crippen molar-refractivity contribution in [2.45, 2.75) is 46.2 Å². The summed E-state index contributed by atoms with van der Waals surface area (Å²) in [5.41, 5.74) is 4.76. The normalized spacial score (nSPS) is 11.8. The Balaban J connectivity index is 2.07. The number of aromatic amines is 1. The lowest BCUT2D eigenvalue weighted by Gasteiger charge is -2.19.